The van der Waals surface area contributed by atoms with Crippen LogP contribution in [0.15, 0.2) is 67.5 Å². The van der Waals surface area contributed by atoms with E-state index in [9.17, 15) is 4.79 Å². The number of amides is 1. The van der Waals surface area contributed by atoms with Crippen molar-refractivity contribution in [2.45, 2.75) is 6.42 Å². The Hall–Kier alpha value is -2.88. The van der Waals surface area contributed by atoms with E-state index in [1.54, 1.807) is 24.5 Å². The summed E-state index contributed by atoms with van der Waals surface area (Å²) < 4.78 is 5.49. The fourth-order valence-corrected chi connectivity index (χ4v) is 1.98. The minimum atomic E-state index is -0.118. The maximum Gasteiger partial charge on any atom is 0.244 e. The van der Waals surface area contributed by atoms with Crippen molar-refractivity contribution < 1.29 is 9.53 Å². The number of hydrogen-bond donors (Lipinski definition) is 1. The van der Waals surface area contributed by atoms with Crippen LogP contribution >= 0.6 is 0 Å². The molecule has 0 bridgehead atoms. The SMILES string of the molecule is C=CCOc1cccc(CCNC(=O)/C=C/c2cccnc2)c1. The van der Waals surface area contributed by atoms with Gasteiger partial charge in [0.15, 0.2) is 0 Å². The van der Waals surface area contributed by atoms with Crippen molar-refractivity contribution in [3.63, 3.8) is 0 Å². The Bertz CT molecular complexity index is 666. The lowest BCUT2D eigenvalue weighted by molar-refractivity contribution is -0.116. The standard InChI is InChI=1S/C19H20N2O2/c1-2-13-23-18-7-3-5-16(14-18)10-12-21-19(22)9-8-17-6-4-11-20-15-17/h2-9,11,14-15H,1,10,12-13H2,(H,21,22)/b9-8+. The second kappa shape index (κ2) is 9.20. The molecular weight excluding hydrogens is 288 g/mol. The zero-order chi connectivity index (χ0) is 16.3. The number of carbonyl (C=O) groups is 1. The first kappa shape index (κ1) is 16.5. The maximum atomic E-state index is 11.8. The van der Waals surface area contributed by atoms with Gasteiger partial charge in [0, 0.05) is 25.0 Å². The van der Waals surface area contributed by atoms with Crippen molar-refractivity contribution in [1.82, 2.24) is 10.3 Å². The molecule has 0 fully saturated rings. The van der Waals surface area contributed by atoms with Crippen molar-refractivity contribution in [3.05, 3.63) is 78.6 Å². The van der Waals surface area contributed by atoms with Crippen molar-refractivity contribution >= 4 is 12.0 Å². The molecule has 0 radical (unpaired) electrons. The molecule has 0 atom stereocenters. The predicted molar refractivity (Wildman–Crippen MR) is 92.1 cm³/mol. The molecule has 2 rings (SSSR count). The second-order valence-electron chi connectivity index (χ2n) is 4.91. The van der Waals surface area contributed by atoms with Crippen LogP contribution in [0.5, 0.6) is 5.75 Å². The fraction of sp³-hybridized carbons (Fsp3) is 0.158. The summed E-state index contributed by atoms with van der Waals surface area (Å²) in [4.78, 5) is 15.8. The van der Waals surface area contributed by atoms with Gasteiger partial charge in [-0.1, -0.05) is 30.9 Å². The Balaban J connectivity index is 1.77. The minimum absolute atomic E-state index is 0.118. The van der Waals surface area contributed by atoms with Crippen LogP contribution in [0.3, 0.4) is 0 Å². The molecule has 1 aromatic carbocycles. The van der Waals surface area contributed by atoms with Crippen LogP contribution in [-0.4, -0.2) is 24.0 Å². The van der Waals surface area contributed by atoms with Gasteiger partial charge in [-0.15, -0.1) is 0 Å². The smallest absolute Gasteiger partial charge is 0.244 e. The molecule has 0 aliphatic heterocycles. The van der Waals surface area contributed by atoms with Crippen LogP contribution in [0.1, 0.15) is 11.1 Å². The summed E-state index contributed by atoms with van der Waals surface area (Å²) in [6.45, 7) is 4.68. The van der Waals surface area contributed by atoms with Crippen molar-refractivity contribution in [2.75, 3.05) is 13.2 Å². The van der Waals surface area contributed by atoms with Gasteiger partial charge in [0.05, 0.1) is 0 Å². The summed E-state index contributed by atoms with van der Waals surface area (Å²) in [5.74, 6) is 0.693. The number of rotatable bonds is 8. The molecule has 1 amide bonds. The molecule has 1 N–H and O–H groups in total. The third kappa shape index (κ3) is 6.18. The van der Waals surface area contributed by atoms with Gasteiger partial charge in [-0.3, -0.25) is 9.78 Å². The van der Waals surface area contributed by atoms with Crippen LogP contribution in [-0.2, 0) is 11.2 Å². The Morgan fingerprint density at radius 3 is 3.00 bits per heavy atom. The second-order valence-corrected chi connectivity index (χ2v) is 4.91. The van der Waals surface area contributed by atoms with E-state index in [-0.39, 0.29) is 5.91 Å². The van der Waals surface area contributed by atoms with Crippen molar-refractivity contribution in [2.24, 2.45) is 0 Å². The Morgan fingerprint density at radius 2 is 2.22 bits per heavy atom. The van der Waals surface area contributed by atoms with Crippen molar-refractivity contribution in [1.29, 1.82) is 0 Å². The lowest BCUT2D eigenvalue weighted by Crippen LogP contribution is -2.23. The molecule has 0 spiro atoms. The van der Waals surface area contributed by atoms with E-state index in [1.807, 2.05) is 36.4 Å². The predicted octanol–water partition coefficient (Wildman–Crippen LogP) is 3.02. The van der Waals surface area contributed by atoms with E-state index in [4.69, 9.17) is 4.74 Å². The molecule has 118 valence electrons. The number of aromatic nitrogens is 1. The first-order valence-corrected chi connectivity index (χ1v) is 7.46. The summed E-state index contributed by atoms with van der Waals surface area (Å²) in [6.07, 6.45) is 9.12. The molecule has 0 unspecified atom stereocenters. The van der Waals surface area contributed by atoms with E-state index in [0.717, 1.165) is 23.3 Å². The minimum Gasteiger partial charge on any atom is -0.490 e. The van der Waals surface area contributed by atoms with Gasteiger partial charge in [-0.25, -0.2) is 0 Å². The number of carbonyl (C=O) groups excluding carboxylic acids is 1. The van der Waals surface area contributed by atoms with Gasteiger partial charge in [0.1, 0.15) is 12.4 Å². The summed E-state index contributed by atoms with van der Waals surface area (Å²) in [7, 11) is 0. The monoisotopic (exact) mass is 308 g/mol. The highest BCUT2D eigenvalue weighted by atomic mass is 16.5. The number of nitrogens with one attached hydrogen (secondary N) is 1. The molecule has 2 aromatic rings. The lowest BCUT2D eigenvalue weighted by atomic mass is 10.1. The summed E-state index contributed by atoms with van der Waals surface area (Å²) in [5.41, 5.74) is 2.01. The third-order valence-corrected chi connectivity index (χ3v) is 3.09. The molecule has 0 aliphatic rings. The van der Waals surface area contributed by atoms with Gasteiger partial charge in [-0.2, -0.15) is 0 Å². The quantitative estimate of drug-likeness (QED) is 0.602. The average Bonchev–Trinajstić information content (AvgIpc) is 2.59. The number of hydrogen-bond acceptors (Lipinski definition) is 3. The van der Waals surface area contributed by atoms with Crippen LogP contribution in [0.25, 0.3) is 6.08 Å². The number of nitrogens with zero attached hydrogens (tertiary/aromatic N) is 1. The first-order chi connectivity index (χ1) is 11.3. The molecule has 1 aromatic heterocycles. The van der Waals surface area contributed by atoms with Gasteiger partial charge >= 0.3 is 0 Å². The maximum absolute atomic E-state index is 11.8. The number of pyridine rings is 1. The summed E-state index contributed by atoms with van der Waals surface area (Å²) in [5, 5.41) is 2.86. The third-order valence-electron chi connectivity index (χ3n) is 3.09. The summed E-state index contributed by atoms with van der Waals surface area (Å²) in [6, 6.07) is 11.6. The Labute approximate surface area is 136 Å². The van der Waals surface area contributed by atoms with E-state index in [2.05, 4.69) is 16.9 Å². The van der Waals surface area contributed by atoms with Gasteiger partial charge < -0.3 is 10.1 Å². The highest BCUT2D eigenvalue weighted by Crippen LogP contribution is 2.13. The normalized spacial score (nSPS) is 10.4. The largest absolute Gasteiger partial charge is 0.490 e. The zero-order valence-electron chi connectivity index (χ0n) is 12.9. The van der Waals surface area contributed by atoms with Crippen LogP contribution in [0.4, 0.5) is 0 Å². The molecule has 4 nitrogen and oxygen atoms in total. The molecule has 23 heavy (non-hydrogen) atoms. The molecule has 0 aliphatic carbocycles. The zero-order valence-corrected chi connectivity index (χ0v) is 12.9. The van der Waals surface area contributed by atoms with E-state index in [0.29, 0.717) is 13.2 Å². The van der Waals surface area contributed by atoms with Crippen molar-refractivity contribution in [3.8, 4) is 5.75 Å². The number of ether oxygens (including phenoxy) is 1. The topological polar surface area (TPSA) is 51.2 Å². The van der Waals surface area contributed by atoms with E-state index in [1.165, 1.54) is 6.08 Å². The van der Waals surface area contributed by atoms with E-state index < -0.39 is 0 Å². The lowest BCUT2D eigenvalue weighted by Gasteiger charge is -2.06. The molecule has 0 saturated heterocycles. The fourth-order valence-electron chi connectivity index (χ4n) is 1.98. The first-order valence-electron chi connectivity index (χ1n) is 7.46. The molecule has 1 heterocycles. The van der Waals surface area contributed by atoms with Crippen LogP contribution in [0, 0.1) is 0 Å². The molecule has 4 heteroatoms. The van der Waals surface area contributed by atoms with Gasteiger partial charge in [-0.05, 0) is 41.8 Å². The van der Waals surface area contributed by atoms with E-state index >= 15 is 0 Å². The van der Waals surface area contributed by atoms with Crippen LogP contribution < -0.4 is 10.1 Å². The molecular formula is C19H20N2O2. The number of benzene rings is 1. The van der Waals surface area contributed by atoms with Gasteiger partial charge in [0.2, 0.25) is 5.91 Å². The highest BCUT2D eigenvalue weighted by Gasteiger charge is 1.99. The van der Waals surface area contributed by atoms with Crippen LogP contribution in [0.2, 0.25) is 0 Å². The molecule has 0 saturated carbocycles. The average molecular weight is 308 g/mol. The Morgan fingerprint density at radius 1 is 1.30 bits per heavy atom. The Kier molecular flexibility index (Phi) is 6.60. The summed E-state index contributed by atoms with van der Waals surface area (Å²) >= 11 is 0. The highest BCUT2D eigenvalue weighted by molar-refractivity contribution is 5.91. The van der Waals surface area contributed by atoms with Gasteiger partial charge in [0.25, 0.3) is 0 Å².